The molecule has 1 atom stereocenters. The van der Waals surface area contributed by atoms with E-state index in [9.17, 15) is 8.42 Å². The van der Waals surface area contributed by atoms with E-state index in [-0.39, 0.29) is 17.4 Å². The quantitative estimate of drug-likeness (QED) is 0.799. The maximum atomic E-state index is 11.7. The van der Waals surface area contributed by atoms with E-state index >= 15 is 0 Å². The van der Waals surface area contributed by atoms with E-state index in [1.807, 2.05) is 0 Å². The van der Waals surface area contributed by atoms with Gasteiger partial charge in [0.2, 0.25) is 0 Å². The van der Waals surface area contributed by atoms with Crippen LogP contribution in [0, 0.1) is 0 Å². The third kappa shape index (κ3) is 2.10. The van der Waals surface area contributed by atoms with Crippen LogP contribution >= 0.6 is 11.6 Å². The van der Waals surface area contributed by atoms with E-state index in [4.69, 9.17) is 11.6 Å². The zero-order valence-electron chi connectivity index (χ0n) is 9.58. The Morgan fingerprint density at radius 2 is 2.17 bits per heavy atom. The third-order valence-electron chi connectivity index (χ3n) is 3.22. The van der Waals surface area contributed by atoms with E-state index in [1.165, 1.54) is 0 Å². The van der Waals surface area contributed by atoms with Crippen molar-refractivity contribution in [1.82, 2.24) is 14.6 Å². The summed E-state index contributed by atoms with van der Waals surface area (Å²) in [6.45, 7) is 0. The molecule has 1 fully saturated rings. The normalized spacial score (nSPS) is 23.3. The molecule has 7 heteroatoms. The van der Waals surface area contributed by atoms with E-state index in [1.54, 1.807) is 22.7 Å². The van der Waals surface area contributed by atoms with Gasteiger partial charge in [-0.2, -0.15) is 0 Å². The number of hydrogen-bond acceptors (Lipinski definition) is 4. The Kier molecular flexibility index (Phi) is 2.79. The molecule has 96 valence electrons. The zero-order valence-corrected chi connectivity index (χ0v) is 11.2. The largest absolute Gasteiger partial charge is 0.285 e. The topological polar surface area (TPSA) is 64.3 Å². The first kappa shape index (κ1) is 11.9. The van der Waals surface area contributed by atoms with Gasteiger partial charge in [-0.1, -0.05) is 11.6 Å². The molecule has 0 aliphatic carbocycles. The smallest absolute Gasteiger partial charge is 0.160 e. The van der Waals surface area contributed by atoms with Gasteiger partial charge in [0, 0.05) is 12.1 Å². The summed E-state index contributed by atoms with van der Waals surface area (Å²) < 4.78 is 25.1. The van der Waals surface area contributed by atoms with Crippen LogP contribution in [0.1, 0.15) is 24.6 Å². The van der Waals surface area contributed by atoms with Gasteiger partial charge in [-0.25, -0.2) is 8.42 Å². The van der Waals surface area contributed by atoms with Crippen molar-refractivity contribution < 1.29 is 8.42 Å². The van der Waals surface area contributed by atoms with Gasteiger partial charge < -0.3 is 0 Å². The molecule has 0 radical (unpaired) electrons. The Hall–Kier alpha value is -1.14. The van der Waals surface area contributed by atoms with Crippen molar-refractivity contribution in [3.05, 3.63) is 29.2 Å². The maximum absolute atomic E-state index is 11.7. The Labute approximate surface area is 110 Å². The minimum absolute atomic E-state index is 0.0859. The number of fused-ring (bicyclic) bond motifs is 1. The van der Waals surface area contributed by atoms with Gasteiger partial charge in [-0.15, -0.1) is 10.2 Å². The fourth-order valence-corrected chi connectivity index (χ4v) is 4.25. The molecular formula is C11H12ClN3O2S. The highest BCUT2D eigenvalue weighted by Crippen LogP contribution is 2.27. The average molecular weight is 286 g/mol. The summed E-state index contributed by atoms with van der Waals surface area (Å²) in [5, 5.41) is 8.74. The van der Waals surface area contributed by atoms with Crippen LogP contribution in [0.15, 0.2) is 18.3 Å². The molecule has 3 rings (SSSR count). The molecule has 2 aromatic rings. The molecule has 0 saturated carbocycles. The number of sulfone groups is 1. The van der Waals surface area contributed by atoms with Crippen molar-refractivity contribution in [3.8, 4) is 0 Å². The second kappa shape index (κ2) is 4.20. The van der Waals surface area contributed by atoms with Crippen molar-refractivity contribution in [3.63, 3.8) is 0 Å². The molecule has 0 amide bonds. The van der Waals surface area contributed by atoms with Crippen LogP contribution in [-0.4, -0.2) is 34.5 Å². The predicted octanol–water partition coefficient (Wildman–Crippen LogP) is 1.67. The van der Waals surface area contributed by atoms with Crippen molar-refractivity contribution >= 4 is 27.1 Å². The van der Waals surface area contributed by atoms with Crippen molar-refractivity contribution in [2.24, 2.45) is 0 Å². The summed E-state index contributed by atoms with van der Waals surface area (Å²) in [4.78, 5) is 0. The van der Waals surface area contributed by atoms with E-state index < -0.39 is 9.84 Å². The lowest BCUT2D eigenvalue weighted by Gasteiger charge is -2.20. The molecule has 0 spiro atoms. The fraction of sp³-hybridized carbons (Fsp3) is 0.455. The predicted molar refractivity (Wildman–Crippen MR) is 68.6 cm³/mol. The molecule has 0 bridgehead atoms. The Morgan fingerprint density at radius 3 is 2.94 bits per heavy atom. The summed E-state index contributed by atoms with van der Waals surface area (Å²) in [6, 6.07) is 3.52. The maximum Gasteiger partial charge on any atom is 0.160 e. The molecule has 5 nitrogen and oxygen atoms in total. The lowest BCUT2D eigenvalue weighted by atomic mass is 10.1. The molecule has 2 aromatic heterocycles. The van der Waals surface area contributed by atoms with E-state index in [2.05, 4.69) is 10.2 Å². The number of halogens is 1. The van der Waals surface area contributed by atoms with Crippen molar-refractivity contribution in [2.45, 2.75) is 18.8 Å². The molecule has 3 heterocycles. The van der Waals surface area contributed by atoms with Crippen molar-refractivity contribution in [1.29, 1.82) is 0 Å². The summed E-state index contributed by atoms with van der Waals surface area (Å²) in [6.07, 6.45) is 3.24. The summed E-state index contributed by atoms with van der Waals surface area (Å²) in [5.74, 6) is 1.04. The van der Waals surface area contributed by atoms with Crippen LogP contribution in [0.2, 0.25) is 5.02 Å². The number of nitrogens with zero attached hydrogens (tertiary/aromatic N) is 3. The molecule has 1 unspecified atom stereocenters. The molecule has 0 N–H and O–H groups in total. The van der Waals surface area contributed by atoms with Gasteiger partial charge in [0.05, 0.1) is 16.5 Å². The Balaban J connectivity index is 2.06. The minimum atomic E-state index is -2.95. The monoisotopic (exact) mass is 285 g/mol. The highest BCUT2D eigenvalue weighted by atomic mass is 35.5. The number of rotatable bonds is 1. The van der Waals surface area contributed by atoms with Crippen LogP contribution in [0.25, 0.3) is 5.65 Å². The van der Waals surface area contributed by atoms with Gasteiger partial charge >= 0.3 is 0 Å². The van der Waals surface area contributed by atoms with Crippen LogP contribution in [0.5, 0.6) is 0 Å². The van der Waals surface area contributed by atoms with Crippen LogP contribution in [-0.2, 0) is 9.84 Å². The van der Waals surface area contributed by atoms with E-state index in [0.717, 1.165) is 6.42 Å². The number of pyridine rings is 1. The Bertz CT molecular complexity index is 695. The first-order valence-corrected chi connectivity index (χ1v) is 7.96. The molecule has 18 heavy (non-hydrogen) atoms. The van der Waals surface area contributed by atoms with Gasteiger partial charge in [0.25, 0.3) is 0 Å². The van der Waals surface area contributed by atoms with Gasteiger partial charge in [0.1, 0.15) is 5.82 Å². The average Bonchev–Trinajstić information content (AvgIpc) is 2.70. The summed E-state index contributed by atoms with van der Waals surface area (Å²) in [7, 11) is -2.95. The number of aromatic nitrogens is 3. The summed E-state index contributed by atoms with van der Waals surface area (Å²) in [5.41, 5.74) is 0.692. The highest BCUT2D eigenvalue weighted by Gasteiger charge is 2.29. The second-order valence-electron chi connectivity index (χ2n) is 4.59. The third-order valence-corrected chi connectivity index (χ3v) is 5.27. The molecule has 1 aliphatic rings. The van der Waals surface area contributed by atoms with Crippen LogP contribution < -0.4 is 0 Å². The fourth-order valence-electron chi connectivity index (χ4n) is 2.39. The zero-order chi connectivity index (χ0) is 12.8. The number of hydrogen-bond donors (Lipinski definition) is 0. The molecule has 0 aromatic carbocycles. The SMILES string of the molecule is O=S1(=O)CCCC(c2nnc3ccc(Cl)cn23)C1. The minimum Gasteiger partial charge on any atom is -0.285 e. The molecule has 1 aliphatic heterocycles. The first-order valence-electron chi connectivity index (χ1n) is 5.76. The standard InChI is InChI=1S/C11H12ClN3O2S/c12-9-3-4-10-13-14-11(15(10)6-9)8-2-1-5-18(16,17)7-8/h3-4,6,8H,1-2,5,7H2. The second-order valence-corrected chi connectivity index (χ2v) is 7.25. The van der Waals surface area contributed by atoms with E-state index in [0.29, 0.717) is 22.9 Å². The highest BCUT2D eigenvalue weighted by molar-refractivity contribution is 7.91. The molecule has 1 saturated heterocycles. The van der Waals surface area contributed by atoms with Gasteiger partial charge in [-0.05, 0) is 25.0 Å². The summed E-state index contributed by atoms with van der Waals surface area (Å²) >= 11 is 5.95. The lowest BCUT2D eigenvalue weighted by molar-refractivity contribution is 0.541. The van der Waals surface area contributed by atoms with Crippen LogP contribution in [0.4, 0.5) is 0 Å². The van der Waals surface area contributed by atoms with Crippen LogP contribution in [0.3, 0.4) is 0 Å². The first-order chi connectivity index (χ1) is 8.55. The van der Waals surface area contributed by atoms with Gasteiger partial charge in [-0.3, -0.25) is 4.40 Å². The van der Waals surface area contributed by atoms with Gasteiger partial charge in [0.15, 0.2) is 15.5 Å². The van der Waals surface area contributed by atoms with Crippen molar-refractivity contribution in [2.75, 3.05) is 11.5 Å². The Morgan fingerprint density at radius 1 is 1.33 bits per heavy atom. The lowest BCUT2D eigenvalue weighted by Crippen LogP contribution is -2.25. The molecular weight excluding hydrogens is 274 g/mol.